The minimum absolute atomic E-state index is 0.108. The van der Waals surface area contributed by atoms with Gasteiger partial charge in [0.15, 0.2) is 0 Å². The topological polar surface area (TPSA) is 112 Å². The molecule has 9 heteroatoms. The Kier molecular flexibility index (Phi) is 3.99. The van der Waals surface area contributed by atoms with E-state index in [1.807, 2.05) is 0 Å². The first-order valence-corrected chi connectivity index (χ1v) is 5.65. The van der Waals surface area contributed by atoms with Crippen LogP contribution in [0.2, 0.25) is 0 Å². The molecule has 0 atom stereocenters. The molecule has 2 aromatic rings. The highest BCUT2D eigenvalue weighted by molar-refractivity contribution is 5.90. The number of tetrazole rings is 1. The number of nitrogens with zero attached hydrogens (tertiary/aromatic N) is 5. The molecule has 2 aromatic heterocycles. The predicted molar refractivity (Wildman–Crippen MR) is 65.5 cm³/mol. The highest BCUT2D eigenvalue weighted by atomic mass is 16.5. The minimum Gasteiger partial charge on any atom is -0.465 e. The molecule has 1 amide bonds. The fourth-order valence-corrected chi connectivity index (χ4v) is 1.44. The Morgan fingerprint density at radius 1 is 1.40 bits per heavy atom. The summed E-state index contributed by atoms with van der Waals surface area (Å²) in [6.45, 7) is 0.202. The number of pyridine rings is 1. The van der Waals surface area contributed by atoms with Gasteiger partial charge in [-0.15, -0.1) is 5.10 Å². The Hall–Kier alpha value is -2.84. The van der Waals surface area contributed by atoms with E-state index in [0.29, 0.717) is 11.3 Å². The van der Waals surface area contributed by atoms with E-state index >= 15 is 0 Å². The summed E-state index contributed by atoms with van der Waals surface area (Å²) in [6, 6.07) is 3.20. The lowest BCUT2D eigenvalue weighted by atomic mass is 10.2. The zero-order chi connectivity index (χ0) is 14.5. The molecule has 0 radical (unpaired) electrons. The normalized spacial score (nSPS) is 10.1. The predicted octanol–water partition coefficient (Wildman–Crippen LogP) is -0.678. The first-order valence-electron chi connectivity index (χ1n) is 5.65. The summed E-state index contributed by atoms with van der Waals surface area (Å²) < 4.78 is 5.83. The summed E-state index contributed by atoms with van der Waals surface area (Å²) in [4.78, 5) is 27.0. The SMILES string of the molecule is COC(=O)c1ccc(CNC(=O)c2nnnn2C)nc1. The number of aryl methyl sites for hydroxylation is 1. The average molecular weight is 276 g/mol. The number of rotatable bonds is 4. The van der Waals surface area contributed by atoms with Crippen molar-refractivity contribution in [1.82, 2.24) is 30.5 Å². The van der Waals surface area contributed by atoms with Gasteiger partial charge < -0.3 is 10.1 Å². The second-order valence-corrected chi connectivity index (χ2v) is 3.84. The van der Waals surface area contributed by atoms with Gasteiger partial charge in [-0.25, -0.2) is 9.48 Å². The van der Waals surface area contributed by atoms with Crippen molar-refractivity contribution in [2.45, 2.75) is 6.54 Å². The fourth-order valence-electron chi connectivity index (χ4n) is 1.44. The van der Waals surface area contributed by atoms with Gasteiger partial charge in [0.25, 0.3) is 5.91 Å². The van der Waals surface area contributed by atoms with Crippen LogP contribution in [-0.2, 0) is 18.3 Å². The molecule has 0 aliphatic carbocycles. The Bertz CT molecular complexity index is 621. The molecule has 2 rings (SSSR count). The third kappa shape index (κ3) is 2.94. The molecule has 0 unspecified atom stereocenters. The van der Waals surface area contributed by atoms with Crippen molar-refractivity contribution in [3.8, 4) is 0 Å². The number of methoxy groups -OCH3 is 1. The Balaban J connectivity index is 1.96. The quantitative estimate of drug-likeness (QED) is 0.736. The van der Waals surface area contributed by atoms with Gasteiger partial charge in [0, 0.05) is 13.2 Å². The summed E-state index contributed by atoms with van der Waals surface area (Å²) in [7, 11) is 2.86. The molecule has 104 valence electrons. The van der Waals surface area contributed by atoms with Gasteiger partial charge in [-0.2, -0.15) is 0 Å². The molecule has 0 aliphatic rings. The molecule has 0 spiro atoms. The van der Waals surface area contributed by atoms with Crippen LogP contribution in [0.3, 0.4) is 0 Å². The number of nitrogens with one attached hydrogen (secondary N) is 1. The minimum atomic E-state index is -0.460. The summed E-state index contributed by atoms with van der Waals surface area (Å²) in [5.41, 5.74) is 0.946. The molecular formula is C11H12N6O3. The number of esters is 1. The fraction of sp³-hybridized carbons (Fsp3) is 0.273. The maximum Gasteiger partial charge on any atom is 0.339 e. The van der Waals surface area contributed by atoms with Gasteiger partial charge in [0.05, 0.1) is 24.9 Å². The molecular weight excluding hydrogens is 264 g/mol. The van der Waals surface area contributed by atoms with Crippen molar-refractivity contribution in [2.75, 3.05) is 7.11 Å². The standard InChI is InChI=1S/C11H12N6O3/c1-17-9(14-15-16-17)10(18)13-6-8-4-3-7(5-12-8)11(19)20-2/h3-5H,6H2,1-2H3,(H,13,18). The summed E-state index contributed by atoms with van der Waals surface area (Å²) in [6.07, 6.45) is 1.39. The molecule has 9 nitrogen and oxygen atoms in total. The van der Waals surface area contributed by atoms with Gasteiger partial charge in [-0.05, 0) is 22.6 Å². The zero-order valence-corrected chi connectivity index (χ0v) is 10.9. The Morgan fingerprint density at radius 2 is 2.20 bits per heavy atom. The number of carbonyl (C=O) groups is 2. The van der Waals surface area contributed by atoms with Crippen LogP contribution in [0.5, 0.6) is 0 Å². The molecule has 1 N–H and O–H groups in total. The first-order chi connectivity index (χ1) is 9.61. The largest absolute Gasteiger partial charge is 0.465 e. The maximum absolute atomic E-state index is 11.7. The van der Waals surface area contributed by atoms with E-state index in [-0.39, 0.29) is 12.4 Å². The number of hydrogen-bond donors (Lipinski definition) is 1. The number of carbonyl (C=O) groups excluding carboxylic acids is 2. The van der Waals surface area contributed by atoms with Crippen LogP contribution >= 0.6 is 0 Å². The molecule has 0 fully saturated rings. The summed E-state index contributed by atoms with van der Waals surface area (Å²) >= 11 is 0. The van der Waals surface area contributed by atoms with Crippen LogP contribution < -0.4 is 5.32 Å². The van der Waals surface area contributed by atoms with Crippen LogP contribution in [-0.4, -0.2) is 44.2 Å². The van der Waals surface area contributed by atoms with E-state index in [9.17, 15) is 9.59 Å². The summed E-state index contributed by atoms with van der Waals surface area (Å²) in [5, 5.41) is 13.1. The number of ether oxygens (including phenoxy) is 1. The van der Waals surface area contributed by atoms with Crippen LogP contribution in [0.1, 0.15) is 26.7 Å². The van der Waals surface area contributed by atoms with Crippen molar-refractivity contribution in [3.63, 3.8) is 0 Å². The second kappa shape index (κ2) is 5.87. The number of hydrogen-bond acceptors (Lipinski definition) is 7. The number of aromatic nitrogens is 5. The van der Waals surface area contributed by atoms with Crippen molar-refractivity contribution in [1.29, 1.82) is 0 Å². The van der Waals surface area contributed by atoms with Gasteiger partial charge in [0.1, 0.15) is 0 Å². The maximum atomic E-state index is 11.7. The third-order valence-corrected chi connectivity index (χ3v) is 2.50. The molecule has 0 saturated carbocycles. The molecule has 20 heavy (non-hydrogen) atoms. The molecule has 0 aromatic carbocycles. The van der Waals surface area contributed by atoms with E-state index in [4.69, 9.17) is 0 Å². The number of amides is 1. The van der Waals surface area contributed by atoms with Gasteiger partial charge in [-0.1, -0.05) is 0 Å². The van der Waals surface area contributed by atoms with Crippen LogP contribution in [0.4, 0.5) is 0 Å². The van der Waals surface area contributed by atoms with Crippen LogP contribution in [0.15, 0.2) is 18.3 Å². The molecule has 0 saturated heterocycles. The van der Waals surface area contributed by atoms with Crippen LogP contribution in [0, 0.1) is 0 Å². The van der Waals surface area contributed by atoms with Crippen molar-refractivity contribution in [3.05, 3.63) is 35.4 Å². The monoisotopic (exact) mass is 276 g/mol. The molecule has 0 bridgehead atoms. The lowest BCUT2D eigenvalue weighted by Gasteiger charge is -2.04. The Labute approximate surface area is 114 Å². The summed E-state index contributed by atoms with van der Waals surface area (Å²) in [5.74, 6) is -0.759. The third-order valence-electron chi connectivity index (χ3n) is 2.50. The van der Waals surface area contributed by atoms with Gasteiger partial charge in [-0.3, -0.25) is 9.78 Å². The van der Waals surface area contributed by atoms with E-state index < -0.39 is 11.9 Å². The first kappa shape index (κ1) is 13.6. The van der Waals surface area contributed by atoms with Crippen molar-refractivity contribution < 1.29 is 14.3 Å². The van der Waals surface area contributed by atoms with Crippen molar-refractivity contribution >= 4 is 11.9 Å². The molecule has 2 heterocycles. The van der Waals surface area contributed by atoms with E-state index in [1.54, 1.807) is 19.2 Å². The average Bonchev–Trinajstić information content (AvgIpc) is 2.90. The van der Waals surface area contributed by atoms with Crippen molar-refractivity contribution in [2.24, 2.45) is 7.05 Å². The van der Waals surface area contributed by atoms with E-state index in [1.165, 1.54) is 18.0 Å². The highest BCUT2D eigenvalue weighted by Gasteiger charge is 2.13. The zero-order valence-electron chi connectivity index (χ0n) is 10.9. The van der Waals surface area contributed by atoms with Gasteiger partial charge in [0.2, 0.25) is 5.82 Å². The highest BCUT2D eigenvalue weighted by Crippen LogP contribution is 2.02. The second-order valence-electron chi connectivity index (χ2n) is 3.84. The van der Waals surface area contributed by atoms with Crippen LogP contribution in [0.25, 0.3) is 0 Å². The van der Waals surface area contributed by atoms with E-state index in [0.717, 1.165) is 0 Å². The van der Waals surface area contributed by atoms with Gasteiger partial charge >= 0.3 is 5.97 Å². The lowest BCUT2D eigenvalue weighted by Crippen LogP contribution is -2.26. The molecule has 0 aliphatic heterocycles. The lowest BCUT2D eigenvalue weighted by molar-refractivity contribution is 0.0600. The Morgan fingerprint density at radius 3 is 2.75 bits per heavy atom. The van der Waals surface area contributed by atoms with E-state index in [2.05, 4.69) is 30.6 Å². The smallest absolute Gasteiger partial charge is 0.339 e.